The van der Waals surface area contributed by atoms with Crippen LogP contribution in [0.2, 0.25) is 0 Å². The Bertz CT molecular complexity index is 1490. The van der Waals surface area contributed by atoms with Crippen LogP contribution in [-0.2, 0) is 18.4 Å². The van der Waals surface area contributed by atoms with Gasteiger partial charge in [0, 0.05) is 6.42 Å². The Morgan fingerprint density at radius 1 is 0.522 bits per heavy atom. The minimum absolute atomic E-state index is 0.0110. The maximum Gasteiger partial charge on any atom is 0.268 e. The number of nitrogens with one attached hydrogen (secondary N) is 1. The normalized spacial score (nSPS) is 14.8. The molecule has 0 fully saturated rings. The van der Waals surface area contributed by atoms with E-state index < -0.39 is 26.6 Å². The number of unbranched alkanes of at least 4 members (excludes halogenated alkanes) is 20. The monoisotopic (exact) mass is 981 g/mol. The molecule has 69 heavy (non-hydrogen) atoms. The molecular formula is C60H105N2O6P. The highest BCUT2D eigenvalue weighted by Crippen LogP contribution is 2.38. The minimum atomic E-state index is -4.60. The average molecular weight is 981 g/mol. The lowest BCUT2D eigenvalue weighted by Crippen LogP contribution is -2.45. The largest absolute Gasteiger partial charge is 0.756 e. The summed E-state index contributed by atoms with van der Waals surface area (Å²) in [5.74, 6) is -0.214. The lowest BCUT2D eigenvalue weighted by molar-refractivity contribution is -0.870. The number of allylic oxidation sites excluding steroid dienone is 17. The molecule has 0 spiro atoms. The first-order valence-corrected chi connectivity index (χ1v) is 29.2. The molecule has 396 valence electrons. The fourth-order valence-electron chi connectivity index (χ4n) is 7.38. The van der Waals surface area contributed by atoms with Gasteiger partial charge in [0.1, 0.15) is 13.2 Å². The van der Waals surface area contributed by atoms with Crippen molar-refractivity contribution in [3.8, 4) is 0 Å². The lowest BCUT2D eigenvalue weighted by atomic mass is 10.0. The first-order chi connectivity index (χ1) is 33.5. The highest BCUT2D eigenvalue weighted by Gasteiger charge is 2.23. The van der Waals surface area contributed by atoms with E-state index in [1.165, 1.54) is 109 Å². The van der Waals surface area contributed by atoms with Gasteiger partial charge in [0.25, 0.3) is 7.82 Å². The van der Waals surface area contributed by atoms with Gasteiger partial charge in [-0.15, -0.1) is 0 Å². The van der Waals surface area contributed by atoms with Crippen molar-refractivity contribution in [2.24, 2.45) is 0 Å². The van der Waals surface area contributed by atoms with Crippen molar-refractivity contribution in [1.29, 1.82) is 0 Å². The topological polar surface area (TPSA) is 108 Å². The van der Waals surface area contributed by atoms with Crippen molar-refractivity contribution in [1.82, 2.24) is 5.32 Å². The molecular weight excluding hydrogens is 876 g/mol. The SMILES string of the molecule is CC/C=C\C/C=C\C/C=C\C/C=C\C/C=C\C/C=C\C/C=C\CCCCCCCCCCCCCCCC(=O)NC(COP(=O)([O-])OCC[N+](C)(C)C)C(O)/C=C/CC/C=C/CCCCCCCC. The van der Waals surface area contributed by atoms with Crippen molar-refractivity contribution in [2.45, 2.75) is 225 Å². The standard InChI is InChI=1S/C60H105N2O6P/c1-6-8-10-12-14-16-18-20-21-22-23-24-25-26-27-28-29-30-31-32-33-34-35-36-37-38-39-40-41-42-44-46-48-50-52-54-60(64)61-58(57-68-69(65,66)67-56-55-62(3,4)5)59(63)53-51-49-47-45-43-19-17-15-13-11-9-7-2/h8,10,14,16,20-21,23-24,26-27,29-30,32-33,43,45,51,53,58-59,63H,6-7,9,11-13,15,17-19,22,25,28,31,34-42,44,46-50,52,54-57H2,1-5H3,(H-,61,64,65,66)/b10-8-,16-14-,21-20-,24-23-,27-26-,30-29-,33-32-,45-43+,53-51+. The summed E-state index contributed by atoms with van der Waals surface area (Å²) in [7, 11) is 1.23. The molecule has 0 saturated carbocycles. The molecule has 0 radical (unpaired) electrons. The summed E-state index contributed by atoms with van der Waals surface area (Å²) in [6.07, 6.45) is 73.1. The number of quaternary nitrogens is 1. The maximum atomic E-state index is 12.9. The van der Waals surface area contributed by atoms with Crippen molar-refractivity contribution < 1.29 is 32.9 Å². The summed E-state index contributed by atoms with van der Waals surface area (Å²) in [5, 5.41) is 13.8. The number of carbonyl (C=O) groups excluding carboxylic acids is 1. The zero-order valence-corrected chi connectivity index (χ0v) is 45.9. The number of aliphatic hydroxyl groups is 1. The number of aliphatic hydroxyl groups excluding tert-OH is 1. The quantitative estimate of drug-likeness (QED) is 0.0272. The summed E-state index contributed by atoms with van der Waals surface area (Å²) in [5.41, 5.74) is 0. The second-order valence-corrected chi connectivity index (χ2v) is 21.0. The van der Waals surface area contributed by atoms with Crippen molar-refractivity contribution in [3.05, 3.63) is 109 Å². The van der Waals surface area contributed by atoms with E-state index >= 15 is 0 Å². The fraction of sp³-hybridized carbons (Fsp3) is 0.683. The van der Waals surface area contributed by atoms with E-state index in [9.17, 15) is 19.4 Å². The van der Waals surface area contributed by atoms with E-state index in [-0.39, 0.29) is 12.5 Å². The Morgan fingerprint density at radius 3 is 1.35 bits per heavy atom. The number of nitrogens with zero attached hydrogens (tertiary/aromatic N) is 1. The van der Waals surface area contributed by atoms with Gasteiger partial charge in [-0.2, -0.15) is 0 Å². The summed E-state index contributed by atoms with van der Waals surface area (Å²) in [4.78, 5) is 25.4. The van der Waals surface area contributed by atoms with Gasteiger partial charge in [0.05, 0.1) is 39.9 Å². The number of likely N-dealkylation sites (N-methyl/N-ethyl adjacent to an activating group) is 1. The smallest absolute Gasteiger partial charge is 0.268 e. The number of amides is 1. The van der Waals surface area contributed by atoms with E-state index in [1.807, 2.05) is 27.2 Å². The third-order valence-electron chi connectivity index (χ3n) is 11.7. The summed E-state index contributed by atoms with van der Waals surface area (Å²) in [6.45, 7) is 4.48. The van der Waals surface area contributed by atoms with Crippen molar-refractivity contribution in [2.75, 3.05) is 40.9 Å². The zero-order valence-electron chi connectivity index (χ0n) is 45.0. The Balaban J connectivity index is 4.10. The van der Waals surface area contributed by atoms with Crippen LogP contribution in [0, 0.1) is 0 Å². The Hall–Kier alpha value is -2.84. The number of phosphoric ester groups is 1. The van der Waals surface area contributed by atoms with Crippen LogP contribution >= 0.6 is 7.82 Å². The highest BCUT2D eigenvalue weighted by atomic mass is 31.2. The number of rotatable bonds is 49. The molecule has 1 amide bonds. The van der Waals surface area contributed by atoms with Gasteiger partial charge < -0.3 is 28.8 Å². The number of hydrogen-bond donors (Lipinski definition) is 2. The van der Waals surface area contributed by atoms with Crippen LogP contribution in [-0.4, -0.2) is 68.5 Å². The van der Waals surface area contributed by atoms with Gasteiger partial charge in [-0.05, 0) is 89.9 Å². The van der Waals surface area contributed by atoms with E-state index in [2.05, 4.69) is 116 Å². The average Bonchev–Trinajstić information content (AvgIpc) is 3.31. The second-order valence-electron chi connectivity index (χ2n) is 19.5. The van der Waals surface area contributed by atoms with Crippen LogP contribution in [0.4, 0.5) is 0 Å². The summed E-state index contributed by atoms with van der Waals surface area (Å²) in [6, 6.07) is -0.909. The molecule has 0 aliphatic carbocycles. The van der Waals surface area contributed by atoms with Crippen LogP contribution in [0.15, 0.2) is 109 Å². The van der Waals surface area contributed by atoms with Crippen LogP contribution in [0.25, 0.3) is 0 Å². The lowest BCUT2D eigenvalue weighted by Gasteiger charge is -2.29. The molecule has 0 saturated heterocycles. The molecule has 0 aliphatic heterocycles. The fourth-order valence-corrected chi connectivity index (χ4v) is 8.11. The molecule has 8 nitrogen and oxygen atoms in total. The van der Waals surface area contributed by atoms with Gasteiger partial charge in [0.15, 0.2) is 0 Å². The van der Waals surface area contributed by atoms with Gasteiger partial charge in [-0.3, -0.25) is 9.36 Å². The molecule has 2 N–H and O–H groups in total. The molecule has 0 aromatic rings. The molecule has 0 bridgehead atoms. The van der Waals surface area contributed by atoms with E-state index in [4.69, 9.17) is 9.05 Å². The molecule has 0 aliphatic rings. The van der Waals surface area contributed by atoms with E-state index in [0.29, 0.717) is 17.4 Å². The van der Waals surface area contributed by atoms with Gasteiger partial charge >= 0.3 is 0 Å². The number of carbonyl (C=O) groups is 1. The summed E-state index contributed by atoms with van der Waals surface area (Å²) >= 11 is 0. The Kier molecular flexibility index (Phi) is 48.1. The molecule has 0 aromatic carbocycles. The number of hydrogen-bond acceptors (Lipinski definition) is 6. The third-order valence-corrected chi connectivity index (χ3v) is 12.7. The zero-order chi connectivity index (χ0) is 50.6. The molecule has 0 rings (SSSR count). The third kappa shape index (κ3) is 52.8. The van der Waals surface area contributed by atoms with Crippen molar-refractivity contribution in [3.63, 3.8) is 0 Å². The van der Waals surface area contributed by atoms with Crippen molar-refractivity contribution >= 4 is 13.7 Å². The Labute approximate surface area is 425 Å². The number of phosphoric acid groups is 1. The van der Waals surface area contributed by atoms with Crippen LogP contribution in [0.3, 0.4) is 0 Å². The van der Waals surface area contributed by atoms with Crippen LogP contribution < -0.4 is 10.2 Å². The van der Waals surface area contributed by atoms with Gasteiger partial charge in [-0.1, -0.05) is 226 Å². The summed E-state index contributed by atoms with van der Waals surface area (Å²) < 4.78 is 23.2. The predicted octanol–water partition coefficient (Wildman–Crippen LogP) is 16.2. The first-order valence-electron chi connectivity index (χ1n) is 27.7. The van der Waals surface area contributed by atoms with E-state index in [0.717, 1.165) is 83.5 Å². The van der Waals surface area contributed by atoms with Crippen LogP contribution in [0.5, 0.6) is 0 Å². The molecule has 3 atom stereocenters. The van der Waals surface area contributed by atoms with Crippen LogP contribution in [0.1, 0.15) is 213 Å². The molecule has 9 heteroatoms. The highest BCUT2D eigenvalue weighted by molar-refractivity contribution is 7.45. The molecule has 0 heterocycles. The maximum absolute atomic E-state index is 12.9. The molecule has 0 aromatic heterocycles. The predicted molar refractivity (Wildman–Crippen MR) is 297 cm³/mol. The second kappa shape index (κ2) is 50.1. The van der Waals surface area contributed by atoms with Gasteiger partial charge in [0.2, 0.25) is 5.91 Å². The van der Waals surface area contributed by atoms with E-state index in [1.54, 1.807) is 6.08 Å². The Morgan fingerprint density at radius 2 is 0.899 bits per heavy atom. The van der Waals surface area contributed by atoms with Gasteiger partial charge in [-0.25, -0.2) is 0 Å². The minimum Gasteiger partial charge on any atom is -0.756 e. The molecule has 3 unspecified atom stereocenters. The first kappa shape index (κ1) is 66.2.